The molecule has 0 saturated carbocycles. The van der Waals surface area contributed by atoms with E-state index in [-0.39, 0.29) is 29.0 Å². The monoisotopic (exact) mass is 421 g/mol. The van der Waals surface area contributed by atoms with Crippen molar-refractivity contribution in [2.45, 2.75) is 6.54 Å². The summed E-state index contributed by atoms with van der Waals surface area (Å²) in [6.07, 6.45) is 1.40. The molecule has 28 heavy (non-hydrogen) atoms. The third-order valence-electron chi connectivity index (χ3n) is 3.88. The van der Waals surface area contributed by atoms with Crippen molar-refractivity contribution < 1.29 is 13.6 Å². The number of aromatic nitrogens is 4. The minimum Gasteiger partial charge on any atom is -0.408 e. The van der Waals surface area contributed by atoms with E-state index in [0.717, 1.165) is 11.6 Å². The summed E-state index contributed by atoms with van der Waals surface area (Å²) in [6, 6.07) is 7.28. The highest BCUT2D eigenvalue weighted by Crippen LogP contribution is 2.23. The van der Waals surface area contributed by atoms with Crippen LogP contribution in [0, 0.1) is 5.82 Å². The number of H-pyrrole nitrogens is 1. The summed E-state index contributed by atoms with van der Waals surface area (Å²) < 4.78 is 20.4. The summed E-state index contributed by atoms with van der Waals surface area (Å²) in [7, 11) is 0. The van der Waals surface area contributed by atoms with Gasteiger partial charge in [0.1, 0.15) is 5.82 Å². The molecule has 11 heteroatoms. The predicted octanol–water partition coefficient (Wildman–Crippen LogP) is 3.46. The maximum Gasteiger partial charge on any atom is 0.417 e. The van der Waals surface area contributed by atoms with Crippen LogP contribution in [0.15, 0.2) is 45.7 Å². The number of anilines is 1. The van der Waals surface area contributed by atoms with Crippen LogP contribution in [0.25, 0.3) is 11.1 Å². The molecule has 0 saturated heterocycles. The number of nitrogens with zero attached hydrogens (tertiary/aromatic N) is 3. The predicted molar refractivity (Wildman–Crippen MR) is 100 cm³/mol. The molecule has 0 aliphatic carbocycles. The molecule has 2 aromatic heterocycles. The van der Waals surface area contributed by atoms with E-state index in [0.29, 0.717) is 10.0 Å². The fourth-order valence-electron chi connectivity index (χ4n) is 2.56. The lowest BCUT2D eigenvalue weighted by Gasteiger charge is -2.05. The lowest BCUT2D eigenvalue weighted by Crippen LogP contribution is -2.13. The number of benzene rings is 2. The van der Waals surface area contributed by atoms with Gasteiger partial charge in [0.05, 0.1) is 23.9 Å². The van der Waals surface area contributed by atoms with Crippen molar-refractivity contribution in [3.8, 4) is 0 Å². The topological polar surface area (TPSA) is 106 Å². The highest BCUT2D eigenvalue weighted by atomic mass is 35.5. The average Bonchev–Trinajstić information content (AvgIpc) is 3.23. The van der Waals surface area contributed by atoms with Gasteiger partial charge in [-0.3, -0.25) is 9.78 Å². The highest BCUT2D eigenvalue weighted by Gasteiger charge is 2.16. The van der Waals surface area contributed by atoms with Crippen molar-refractivity contribution in [3.63, 3.8) is 0 Å². The van der Waals surface area contributed by atoms with Gasteiger partial charge in [-0.1, -0.05) is 34.5 Å². The van der Waals surface area contributed by atoms with E-state index in [1.54, 1.807) is 18.2 Å². The fraction of sp³-hybridized carbons (Fsp3) is 0.0588. The summed E-state index contributed by atoms with van der Waals surface area (Å²) in [5.74, 6) is -2.13. The molecule has 2 aromatic carbocycles. The number of oxazole rings is 1. The molecule has 142 valence electrons. The van der Waals surface area contributed by atoms with Crippen LogP contribution in [-0.2, 0) is 6.54 Å². The van der Waals surface area contributed by atoms with Gasteiger partial charge in [-0.05, 0) is 17.7 Å². The number of amides is 1. The van der Waals surface area contributed by atoms with E-state index < -0.39 is 17.5 Å². The molecule has 0 atom stereocenters. The van der Waals surface area contributed by atoms with E-state index in [1.807, 2.05) is 0 Å². The Kier molecular flexibility index (Phi) is 4.62. The standard InChI is InChI=1S/C17H10Cl2FN5O3/c18-9-2-1-8(10(19)3-9)6-25-7-14(23-24-25)16(26)21-12-5-15-13(4-11(12)20)22-17(27)28-15/h1-5,7H,6H2,(H,21,26)(H,22,27). The Hall–Kier alpha value is -3.17. The Labute approximate surface area is 165 Å². The van der Waals surface area contributed by atoms with Crippen LogP contribution in [0.2, 0.25) is 10.0 Å². The first-order chi connectivity index (χ1) is 13.4. The van der Waals surface area contributed by atoms with Crippen molar-refractivity contribution in [3.05, 3.63) is 74.2 Å². The summed E-state index contributed by atoms with van der Waals surface area (Å²) in [6.45, 7) is 0.269. The quantitative estimate of drug-likeness (QED) is 0.524. The van der Waals surface area contributed by atoms with Crippen molar-refractivity contribution in [2.75, 3.05) is 5.32 Å². The molecule has 8 nitrogen and oxygen atoms in total. The third kappa shape index (κ3) is 3.62. The largest absolute Gasteiger partial charge is 0.417 e. The number of hydrogen-bond donors (Lipinski definition) is 2. The molecular formula is C17H10Cl2FN5O3. The summed E-state index contributed by atoms with van der Waals surface area (Å²) in [5.41, 5.74) is 0.853. The van der Waals surface area contributed by atoms with Crippen molar-refractivity contribution in [1.29, 1.82) is 0 Å². The second-order valence-corrected chi connectivity index (χ2v) is 6.68. The first-order valence-corrected chi connectivity index (χ1v) is 8.62. The van der Waals surface area contributed by atoms with Crippen molar-refractivity contribution in [1.82, 2.24) is 20.0 Å². The zero-order valence-corrected chi connectivity index (χ0v) is 15.4. The van der Waals surface area contributed by atoms with Gasteiger partial charge in [0, 0.05) is 22.2 Å². The maximum absolute atomic E-state index is 14.1. The van der Waals surface area contributed by atoms with Gasteiger partial charge in [0.25, 0.3) is 5.91 Å². The molecule has 0 aliphatic rings. The number of rotatable bonds is 4. The van der Waals surface area contributed by atoms with Gasteiger partial charge >= 0.3 is 5.76 Å². The number of nitrogens with one attached hydrogen (secondary N) is 2. The number of aromatic amines is 1. The number of carbonyl (C=O) groups is 1. The molecule has 4 aromatic rings. The van der Waals surface area contributed by atoms with Gasteiger partial charge in [-0.2, -0.15) is 0 Å². The zero-order chi connectivity index (χ0) is 19.8. The first kappa shape index (κ1) is 18.2. The molecule has 0 unspecified atom stereocenters. The van der Waals surface area contributed by atoms with Gasteiger partial charge in [-0.15, -0.1) is 5.10 Å². The summed E-state index contributed by atoms with van der Waals surface area (Å²) >= 11 is 12.0. The lowest BCUT2D eigenvalue weighted by atomic mass is 10.2. The van der Waals surface area contributed by atoms with Gasteiger partial charge in [0.2, 0.25) is 0 Å². The third-order valence-corrected chi connectivity index (χ3v) is 4.46. The van der Waals surface area contributed by atoms with E-state index in [2.05, 4.69) is 20.6 Å². The fourth-order valence-corrected chi connectivity index (χ4v) is 3.03. The van der Waals surface area contributed by atoms with Gasteiger partial charge in [-0.25, -0.2) is 13.9 Å². The van der Waals surface area contributed by atoms with Crippen LogP contribution in [0.3, 0.4) is 0 Å². The van der Waals surface area contributed by atoms with Crippen LogP contribution >= 0.6 is 23.2 Å². The lowest BCUT2D eigenvalue weighted by molar-refractivity contribution is 0.102. The molecular weight excluding hydrogens is 412 g/mol. The van der Waals surface area contributed by atoms with Crippen molar-refractivity contribution in [2.24, 2.45) is 0 Å². The number of fused-ring (bicyclic) bond motifs is 1. The molecule has 4 rings (SSSR count). The van der Waals surface area contributed by atoms with Crippen LogP contribution in [0.5, 0.6) is 0 Å². The molecule has 0 spiro atoms. The smallest absolute Gasteiger partial charge is 0.408 e. The minimum absolute atomic E-state index is 0.0277. The molecule has 2 N–H and O–H groups in total. The second-order valence-electron chi connectivity index (χ2n) is 5.83. The zero-order valence-electron chi connectivity index (χ0n) is 13.9. The molecule has 0 fully saturated rings. The highest BCUT2D eigenvalue weighted by molar-refractivity contribution is 6.35. The number of hydrogen-bond acceptors (Lipinski definition) is 5. The van der Waals surface area contributed by atoms with E-state index >= 15 is 0 Å². The normalized spacial score (nSPS) is 11.1. The van der Waals surface area contributed by atoms with Crippen molar-refractivity contribution >= 4 is 45.9 Å². The molecule has 0 aliphatic heterocycles. The Morgan fingerprint density at radius 3 is 2.89 bits per heavy atom. The number of carbonyl (C=O) groups excluding carboxylic acids is 1. The number of halogens is 3. The van der Waals surface area contributed by atoms with Crippen LogP contribution in [0.1, 0.15) is 16.1 Å². The van der Waals surface area contributed by atoms with Gasteiger partial charge < -0.3 is 9.73 Å². The Balaban J connectivity index is 1.53. The summed E-state index contributed by atoms with van der Waals surface area (Å²) in [4.78, 5) is 25.9. The Bertz CT molecular complexity index is 1260. The van der Waals surface area contributed by atoms with Crippen LogP contribution in [0.4, 0.5) is 10.1 Å². The summed E-state index contributed by atoms with van der Waals surface area (Å²) in [5, 5.41) is 11.0. The average molecular weight is 422 g/mol. The van der Waals surface area contributed by atoms with Gasteiger partial charge in [0.15, 0.2) is 11.3 Å². The molecule has 1 amide bonds. The minimum atomic E-state index is -0.738. The van der Waals surface area contributed by atoms with E-state index in [4.69, 9.17) is 27.6 Å². The van der Waals surface area contributed by atoms with Crippen LogP contribution < -0.4 is 11.1 Å². The van der Waals surface area contributed by atoms with E-state index in [1.165, 1.54) is 16.9 Å². The molecule has 0 bridgehead atoms. The first-order valence-electron chi connectivity index (χ1n) is 7.87. The molecule has 0 radical (unpaired) electrons. The Morgan fingerprint density at radius 1 is 1.29 bits per heavy atom. The SMILES string of the molecule is O=C(Nc1cc2oc(=O)[nH]c2cc1F)c1cn(Cc2ccc(Cl)cc2Cl)nn1. The second kappa shape index (κ2) is 7.10. The Morgan fingerprint density at radius 2 is 2.11 bits per heavy atom. The molecule has 2 heterocycles. The van der Waals surface area contributed by atoms with Crippen LogP contribution in [-0.4, -0.2) is 25.9 Å². The maximum atomic E-state index is 14.1. The van der Waals surface area contributed by atoms with E-state index in [9.17, 15) is 14.0 Å².